The molecule has 1 aromatic heterocycles. The van der Waals surface area contributed by atoms with Gasteiger partial charge >= 0.3 is 0 Å². The fraction of sp³-hybridized carbons (Fsp3) is 0.706. The summed E-state index contributed by atoms with van der Waals surface area (Å²) in [6.07, 6.45) is 4.84. The number of piperidine rings is 1. The molecular formula is C17H26N2O2. The highest BCUT2D eigenvalue weighted by molar-refractivity contribution is 5.82. The Hall–Kier alpha value is -1.29. The summed E-state index contributed by atoms with van der Waals surface area (Å²) in [7, 11) is 2.15. The average Bonchev–Trinajstić information content (AvgIpc) is 2.87. The molecule has 1 aromatic rings. The zero-order valence-electron chi connectivity index (χ0n) is 13.3. The van der Waals surface area contributed by atoms with Gasteiger partial charge < -0.3 is 14.2 Å². The van der Waals surface area contributed by atoms with Crippen LogP contribution < -0.4 is 0 Å². The first-order valence-electron chi connectivity index (χ1n) is 7.99. The van der Waals surface area contributed by atoms with Crippen LogP contribution in [-0.2, 0) is 11.3 Å². The molecule has 4 nitrogen and oxygen atoms in total. The largest absolute Gasteiger partial charge is 0.467 e. The molecule has 1 aliphatic carbocycles. The molecule has 21 heavy (non-hydrogen) atoms. The molecule has 0 spiro atoms. The van der Waals surface area contributed by atoms with E-state index in [0.29, 0.717) is 18.5 Å². The van der Waals surface area contributed by atoms with Gasteiger partial charge in [-0.25, -0.2) is 0 Å². The molecule has 0 aromatic carbocycles. The van der Waals surface area contributed by atoms with Gasteiger partial charge in [0.2, 0.25) is 5.91 Å². The number of hydrogen-bond donors (Lipinski definition) is 0. The Morgan fingerprint density at radius 2 is 2.10 bits per heavy atom. The van der Waals surface area contributed by atoms with Crippen molar-refractivity contribution in [3.05, 3.63) is 24.2 Å². The number of amides is 1. The number of furan rings is 1. The maximum atomic E-state index is 12.9. The summed E-state index contributed by atoms with van der Waals surface area (Å²) in [5, 5.41) is 0. The predicted octanol–water partition coefficient (Wildman–Crippen LogP) is 2.75. The van der Waals surface area contributed by atoms with Gasteiger partial charge in [-0.3, -0.25) is 4.79 Å². The van der Waals surface area contributed by atoms with E-state index in [-0.39, 0.29) is 11.3 Å². The van der Waals surface area contributed by atoms with E-state index in [9.17, 15) is 4.79 Å². The molecule has 0 unspecified atom stereocenters. The molecule has 0 bridgehead atoms. The predicted molar refractivity (Wildman–Crippen MR) is 81.7 cm³/mol. The Morgan fingerprint density at radius 1 is 1.43 bits per heavy atom. The fourth-order valence-electron chi connectivity index (χ4n) is 3.35. The van der Waals surface area contributed by atoms with Gasteiger partial charge in [0.15, 0.2) is 0 Å². The lowest BCUT2D eigenvalue weighted by atomic mass is 10.0. The Morgan fingerprint density at radius 3 is 2.62 bits per heavy atom. The molecule has 3 rings (SSSR count). The lowest BCUT2D eigenvalue weighted by Crippen LogP contribution is -2.47. The van der Waals surface area contributed by atoms with Gasteiger partial charge in [-0.05, 0) is 56.9 Å². The van der Waals surface area contributed by atoms with E-state index in [4.69, 9.17) is 4.42 Å². The van der Waals surface area contributed by atoms with Gasteiger partial charge in [-0.1, -0.05) is 13.8 Å². The van der Waals surface area contributed by atoms with Gasteiger partial charge in [-0.2, -0.15) is 0 Å². The van der Waals surface area contributed by atoms with Crippen LogP contribution in [0.1, 0.15) is 38.9 Å². The third-order valence-corrected chi connectivity index (χ3v) is 5.13. The van der Waals surface area contributed by atoms with E-state index in [2.05, 4.69) is 30.7 Å². The zero-order chi connectivity index (χ0) is 15.0. The molecule has 116 valence electrons. The number of nitrogens with zero attached hydrogens (tertiary/aromatic N) is 2. The third kappa shape index (κ3) is 3.15. The molecule has 2 heterocycles. The van der Waals surface area contributed by atoms with Gasteiger partial charge in [0.25, 0.3) is 0 Å². The van der Waals surface area contributed by atoms with Crippen molar-refractivity contribution < 1.29 is 9.21 Å². The third-order valence-electron chi connectivity index (χ3n) is 5.13. The Kier molecular flexibility index (Phi) is 3.82. The molecule has 1 amide bonds. The van der Waals surface area contributed by atoms with E-state index in [0.717, 1.165) is 38.1 Å². The summed E-state index contributed by atoms with van der Waals surface area (Å²) in [5.41, 5.74) is 0.184. The highest BCUT2D eigenvalue weighted by Gasteiger charge is 2.52. The molecule has 2 aliphatic rings. The van der Waals surface area contributed by atoms with Crippen LogP contribution >= 0.6 is 0 Å². The van der Waals surface area contributed by atoms with Crippen LogP contribution in [0.5, 0.6) is 0 Å². The lowest BCUT2D eigenvalue weighted by molar-refractivity contribution is -0.137. The minimum absolute atomic E-state index is 0.184. The topological polar surface area (TPSA) is 36.7 Å². The molecule has 1 saturated carbocycles. The average molecular weight is 290 g/mol. The fourth-order valence-corrected chi connectivity index (χ4v) is 3.35. The quantitative estimate of drug-likeness (QED) is 0.855. The van der Waals surface area contributed by atoms with Crippen LogP contribution in [0.4, 0.5) is 0 Å². The van der Waals surface area contributed by atoms with Crippen LogP contribution in [0.25, 0.3) is 0 Å². The van der Waals surface area contributed by atoms with Gasteiger partial charge in [0.1, 0.15) is 5.76 Å². The second-order valence-corrected chi connectivity index (χ2v) is 7.33. The summed E-state index contributed by atoms with van der Waals surface area (Å²) in [6.45, 7) is 7.14. The van der Waals surface area contributed by atoms with E-state index in [1.165, 1.54) is 0 Å². The minimum atomic E-state index is 0.184. The van der Waals surface area contributed by atoms with Crippen LogP contribution in [0.15, 0.2) is 22.8 Å². The molecule has 1 aliphatic heterocycles. The number of carbonyl (C=O) groups is 1. The summed E-state index contributed by atoms with van der Waals surface area (Å²) >= 11 is 0. The van der Waals surface area contributed by atoms with Crippen molar-refractivity contribution in [2.75, 3.05) is 20.1 Å². The Bertz CT molecular complexity index is 487. The van der Waals surface area contributed by atoms with Gasteiger partial charge in [0, 0.05) is 12.0 Å². The molecule has 1 saturated heterocycles. The van der Waals surface area contributed by atoms with Crippen LogP contribution in [0.3, 0.4) is 0 Å². The summed E-state index contributed by atoms with van der Waals surface area (Å²) in [6, 6.07) is 4.22. The standard InChI is InChI=1S/C17H26N2O2/c1-17(2)11-15(17)16(20)19(12-14-5-4-10-21-14)13-6-8-18(3)9-7-13/h4-5,10,13,15H,6-9,11-12H2,1-3H3/t15-/m1/s1. The van der Waals surface area contributed by atoms with Crippen molar-refractivity contribution in [3.8, 4) is 0 Å². The van der Waals surface area contributed by atoms with Crippen molar-refractivity contribution in [2.24, 2.45) is 11.3 Å². The molecule has 0 radical (unpaired) electrons. The van der Waals surface area contributed by atoms with E-state index in [1.807, 2.05) is 12.1 Å². The van der Waals surface area contributed by atoms with Gasteiger partial charge in [-0.15, -0.1) is 0 Å². The van der Waals surface area contributed by atoms with Crippen LogP contribution in [0, 0.1) is 11.3 Å². The lowest BCUT2D eigenvalue weighted by Gasteiger charge is -2.37. The van der Waals surface area contributed by atoms with E-state index >= 15 is 0 Å². The van der Waals surface area contributed by atoms with Crippen molar-refractivity contribution in [3.63, 3.8) is 0 Å². The first-order chi connectivity index (χ1) is 9.97. The Labute approximate surface area is 127 Å². The summed E-state index contributed by atoms with van der Waals surface area (Å²) in [4.78, 5) is 17.3. The van der Waals surface area contributed by atoms with Crippen molar-refractivity contribution in [1.29, 1.82) is 0 Å². The zero-order valence-corrected chi connectivity index (χ0v) is 13.3. The highest BCUT2D eigenvalue weighted by Crippen LogP contribution is 2.52. The minimum Gasteiger partial charge on any atom is -0.467 e. The second kappa shape index (κ2) is 5.48. The van der Waals surface area contributed by atoms with Crippen LogP contribution in [-0.4, -0.2) is 41.9 Å². The maximum Gasteiger partial charge on any atom is 0.226 e. The Balaban J connectivity index is 1.73. The number of carbonyl (C=O) groups excluding carboxylic acids is 1. The smallest absolute Gasteiger partial charge is 0.226 e. The first kappa shape index (κ1) is 14.6. The highest BCUT2D eigenvalue weighted by atomic mass is 16.3. The number of rotatable bonds is 4. The number of hydrogen-bond acceptors (Lipinski definition) is 3. The van der Waals surface area contributed by atoms with Crippen molar-refractivity contribution in [1.82, 2.24) is 9.80 Å². The summed E-state index contributed by atoms with van der Waals surface area (Å²) < 4.78 is 5.47. The maximum absolute atomic E-state index is 12.9. The van der Waals surface area contributed by atoms with Gasteiger partial charge in [0.05, 0.1) is 12.8 Å². The van der Waals surface area contributed by atoms with E-state index in [1.54, 1.807) is 6.26 Å². The second-order valence-electron chi connectivity index (χ2n) is 7.33. The SMILES string of the molecule is CN1CCC(N(Cc2ccco2)C(=O)[C@H]2CC2(C)C)CC1. The van der Waals surface area contributed by atoms with Crippen LogP contribution in [0.2, 0.25) is 0 Å². The normalized spacial score (nSPS) is 25.8. The molecular weight excluding hydrogens is 264 g/mol. The summed E-state index contributed by atoms with van der Waals surface area (Å²) in [5.74, 6) is 1.42. The molecule has 1 atom stereocenters. The van der Waals surface area contributed by atoms with E-state index < -0.39 is 0 Å². The first-order valence-corrected chi connectivity index (χ1v) is 7.99. The molecule has 4 heteroatoms. The molecule has 0 N–H and O–H groups in total. The van der Waals surface area contributed by atoms with Crippen molar-refractivity contribution >= 4 is 5.91 Å². The van der Waals surface area contributed by atoms with Crippen molar-refractivity contribution in [2.45, 2.75) is 45.7 Å². The number of likely N-dealkylation sites (tertiary alicyclic amines) is 1. The molecule has 2 fully saturated rings. The monoisotopic (exact) mass is 290 g/mol.